The van der Waals surface area contributed by atoms with Crippen molar-refractivity contribution in [3.05, 3.63) is 58.6 Å². The number of nitrogens with zero attached hydrogens (tertiary/aromatic N) is 2. The zero-order valence-electron chi connectivity index (χ0n) is 16.4. The molecular formula is C20H20N2O6S. The van der Waals surface area contributed by atoms with Crippen LogP contribution in [-0.4, -0.2) is 46.0 Å². The molecule has 9 heteroatoms. The van der Waals surface area contributed by atoms with Crippen molar-refractivity contribution < 1.29 is 22.8 Å². The lowest BCUT2D eigenvalue weighted by Crippen LogP contribution is -2.22. The van der Waals surface area contributed by atoms with Gasteiger partial charge in [0.25, 0.3) is 5.69 Å². The Balaban J connectivity index is 2.33. The molecule has 0 atom stereocenters. The summed E-state index contributed by atoms with van der Waals surface area (Å²) < 4.78 is 36.8. The summed E-state index contributed by atoms with van der Waals surface area (Å²) in [5.41, 5.74) is 1.17. The summed E-state index contributed by atoms with van der Waals surface area (Å²) in [5, 5.41) is 12.5. The van der Waals surface area contributed by atoms with Crippen molar-refractivity contribution in [3.8, 4) is 22.6 Å². The van der Waals surface area contributed by atoms with Crippen molar-refractivity contribution in [2.45, 2.75) is 4.90 Å². The maximum atomic E-state index is 12.3. The highest BCUT2D eigenvalue weighted by atomic mass is 32.2. The van der Waals surface area contributed by atoms with E-state index in [0.29, 0.717) is 33.4 Å². The van der Waals surface area contributed by atoms with Crippen LogP contribution in [0.5, 0.6) is 11.5 Å². The topological polar surface area (TPSA) is 99.0 Å². The number of hydrogen-bond donors (Lipinski definition) is 0. The van der Waals surface area contributed by atoms with Crippen LogP contribution in [0.4, 0.5) is 5.69 Å². The summed E-state index contributed by atoms with van der Waals surface area (Å²) in [5.74, 6) is 0.748. The molecule has 0 unspecified atom stereocenters. The standard InChI is InChI=1S/C20H20N2O6S/c1-21(2)29(25,26)14-10-8-13(9-11-14)19-15-6-5-7-17(22(23)24)16(15)12-18(27-3)20(19)28-4/h5-12H,1-4H3. The molecule has 0 heterocycles. The smallest absolute Gasteiger partial charge is 0.277 e. The minimum atomic E-state index is -3.58. The molecule has 152 valence electrons. The van der Waals surface area contributed by atoms with Crippen molar-refractivity contribution in [3.63, 3.8) is 0 Å². The zero-order valence-corrected chi connectivity index (χ0v) is 17.2. The zero-order chi connectivity index (χ0) is 21.3. The molecule has 3 aromatic carbocycles. The largest absolute Gasteiger partial charge is 0.493 e. The second-order valence-corrected chi connectivity index (χ2v) is 8.58. The first-order chi connectivity index (χ1) is 13.7. The van der Waals surface area contributed by atoms with E-state index in [-0.39, 0.29) is 10.6 Å². The monoisotopic (exact) mass is 416 g/mol. The van der Waals surface area contributed by atoms with Gasteiger partial charge in [0, 0.05) is 31.1 Å². The third-order valence-corrected chi connectivity index (χ3v) is 6.45. The van der Waals surface area contributed by atoms with Gasteiger partial charge < -0.3 is 9.47 Å². The Morgan fingerprint density at radius 3 is 2.14 bits per heavy atom. The fourth-order valence-corrected chi connectivity index (χ4v) is 4.07. The molecule has 0 N–H and O–H groups in total. The van der Waals surface area contributed by atoms with Crippen LogP contribution < -0.4 is 9.47 Å². The number of benzene rings is 3. The van der Waals surface area contributed by atoms with E-state index in [9.17, 15) is 18.5 Å². The van der Waals surface area contributed by atoms with E-state index in [2.05, 4.69) is 0 Å². The molecule has 3 rings (SSSR count). The molecular weight excluding hydrogens is 396 g/mol. The predicted molar refractivity (Wildman–Crippen MR) is 110 cm³/mol. The van der Waals surface area contributed by atoms with Crippen molar-refractivity contribution in [2.24, 2.45) is 0 Å². The van der Waals surface area contributed by atoms with E-state index in [1.54, 1.807) is 30.3 Å². The van der Waals surface area contributed by atoms with Crippen LogP contribution in [0.2, 0.25) is 0 Å². The van der Waals surface area contributed by atoms with Crippen LogP contribution in [0.3, 0.4) is 0 Å². The van der Waals surface area contributed by atoms with Gasteiger partial charge in [-0.3, -0.25) is 10.1 Å². The number of fused-ring (bicyclic) bond motifs is 1. The van der Waals surface area contributed by atoms with Gasteiger partial charge in [0.05, 0.1) is 29.4 Å². The van der Waals surface area contributed by atoms with Gasteiger partial charge in [-0.25, -0.2) is 12.7 Å². The van der Waals surface area contributed by atoms with Gasteiger partial charge in [-0.1, -0.05) is 24.3 Å². The lowest BCUT2D eigenvalue weighted by Gasteiger charge is -2.17. The van der Waals surface area contributed by atoms with Crippen molar-refractivity contribution in [1.29, 1.82) is 0 Å². The highest BCUT2D eigenvalue weighted by Crippen LogP contribution is 2.46. The number of nitro groups is 1. The Morgan fingerprint density at radius 1 is 0.966 bits per heavy atom. The maximum Gasteiger partial charge on any atom is 0.277 e. The Bertz CT molecular complexity index is 1190. The third-order valence-electron chi connectivity index (χ3n) is 4.62. The van der Waals surface area contributed by atoms with Crippen LogP contribution in [-0.2, 0) is 10.0 Å². The van der Waals surface area contributed by atoms with Gasteiger partial charge >= 0.3 is 0 Å². The summed E-state index contributed by atoms with van der Waals surface area (Å²) >= 11 is 0. The average Bonchev–Trinajstić information content (AvgIpc) is 2.71. The first kappa shape index (κ1) is 20.6. The Labute approximate surface area is 168 Å². The number of rotatable bonds is 6. The number of methoxy groups -OCH3 is 2. The molecule has 0 spiro atoms. The maximum absolute atomic E-state index is 12.3. The molecule has 0 radical (unpaired) electrons. The van der Waals surface area contributed by atoms with Gasteiger partial charge in [-0.15, -0.1) is 0 Å². The van der Waals surface area contributed by atoms with Crippen molar-refractivity contribution in [1.82, 2.24) is 4.31 Å². The van der Waals surface area contributed by atoms with E-state index < -0.39 is 14.9 Å². The number of hydrogen-bond acceptors (Lipinski definition) is 6. The van der Waals surface area contributed by atoms with Gasteiger partial charge in [0.15, 0.2) is 11.5 Å². The van der Waals surface area contributed by atoms with Gasteiger partial charge in [0.1, 0.15) is 0 Å². The molecule has 0 saturated heterocycles. The normalized spacial score (nSPS) is 11.6. The molecule has 0 bridgehead atoms. The van der Waals surface area contributed by atoms with Crippen molar-refractivity contribution >= 4 is 26.5 Å². The summed E-state index contributed by atoms with van der Waals surface area (Å²) in [6.07, 6.45) is 0. The molecule has 3 aromatic rings. The summed E-state index contributed by atoms with van der Waals surface area (Å²) in [7, 11) is 2.28. The average molecular weight is 416 g/mol. The van der Waals surface area contributed by atoms with Crippen LogP contribution >= 0.6 is 0 Å². The van der Waals surface area contributed by atoms with E-state index in [1.165, 1.54) is 46.5 Å². The quantitative estimate of drug-likeness (QED) is 0.449. The Morgan fingerprint density at radius 2 is 1.62 bits per heavy atom. The van der Waals surface area contributed by atoms with E-state index in [0.717, 1.165) is 4.31 Å². The molecule has 0 saturated carbocycles. The van der Waals surface area contributed by atoms with E-state index in [4.69, 9.17) is 9.47 Å². The number of sulfonamides is 1. The minimum Gasteiger partial charge on any atom is -0.493 e. The second-order valence-electron chi connectivity index (χ2n) is 6.43. The first-order valence-electron chi connectivity index (χ1n) is 8.57. The van der Waals surface area contributed by atoms with Gasteiger partial charge in [0.2, 0.25) is 10.0 Å². The van der Waals surface area contributed by atoms with E-state index in [1.807, 2.05) is 0 Å². The molecule has 0 aliphatic carbocycles. The SMILES string of the molecule is COc1cc2c([N+](=O)[O-])cccc2c(-c2ccc(S(=O)(=O)N(C)C)cc2)c1OC. The van der Waals surface area contributed by atoms with Crippen LogP contribution in [0.15, 0.2) is 53.4 Å². The van der Waals surface area contributed by atoms with Crippen LogP contribution in [0.25, 0.3) is 21.9 Å². The first-order valence-corrected chi connectivity index (χ1v) is 10.0. The fourth-order valence-electron chi connectivity index (χ4n) is 3.17. The fraction of sp³-hybridized carbons (Fsp3) is 0.200. The summed E-state index contributed by atoms with van der Waals surface area (Å²) in [6, 6.07) is 12.6. The number of non-ortho nitro benzene ring substituents is 1. The molecule has 8 nitrogen and oxygen atoms in total. The van der Waals surface area contributed by atoms with Crippen molar-refractivity contribution in [2.75, 3.05) is 28.3 Å². The number of nitro benzene ring substituents is 1. The number of ether oxygens (including phenoxy) is 2. The van der Waals surface area contributed by atoms with Crippen LogP contribution in [0.1, 0.15) is 0 Å². The minimum absolute atomic E-state index is 0.0588. The van der Waals surface area contributed by atoms with Gasteiger partial charge in [-0.05, 0) is 23.8 Å². The third kappa shape index (κ3) is 3.50. The second kappa shape index (κ2) is 7.69. The lowest BCUT2D eigenvalue weighted by molar-refractivity contribution is -0.383. The molecule has 0 aliphatic heterocycles. The van der Waals surface area contributed by atoms with Gasteiger partial charge in [-0.2, -0.15) is 0 Å². The summed E-state index contributed by atoms with van der Waals surface area (Å²) in [4.78, 5) is 11.2. The Hall–Kier alpha value is -3.17. The van der Waals surface area contributed by atoms with E-state index >= 15 is 0 Å². The lowest BCUT2D eigenvalue weighted by atomic mass is 9.95. The molecule has 29 heavy (non-hydrogen) atoms. The molecule has 0 aromatic heterocycles. The molecule has 0 aliphatic rings. The molecule has 0 amide bonds. The summed E-state index contributed by atoms with van der Waals surface area (Å²) in [6.45, 7) is 0. The molecule has 0 fully saturated rings. The highest BCUT2D eigenvalue weighted by molar-refractivity contribution is 7.89. The highest BCUT2D eigenvalue weighted by Gasteiger charge is 2.23. The van der Waals surface area contributed by atoms with Crippen LogP contribution in [0, 0.1) is 10.1 Å². The predicted octanol–water partition coefficient (Wildman–Crippen LogP) is 3.68. The Kier molecular flexibility index (Phi) is 5.45.